The van der Waals surface area contributed by atoms with Crippen LogP contribution in [0.1, 0.15) is 31.7 Å². The molecule has 1 aromatic heterocycles. The molecule has 1 N–H and O–H groups in total. The Bertz CT molecular complexity index is 744. The van der Waals surface area contributed by atoms with Crippen LogP contribution in [-0.4, -0.2) is 51.0 Å². The largest absolute Gasteiger partial charge is 0.349 e. The normalized spacial score (nSPS) is 16.5. The van der Waals surface area contributed by atoms with Gasteiger partial charge < -0.3 is 14.8 Å². The lowest BCUT2D eigenvalue weighted by atomic mass is 10.1. The molecule has 2 aromatic rings. The summed E-state index contributed by atoms with van der Waals surface area (Å²) in [6, 6.07) is 10.7. The van der Waals surface area contributed by atoms with Crippen molar-refractivity contribution in [2.24, 2.45) is 4.99 Å². The first kappa shape index (κ1) is 23.1. The third-order valence-electron chi connectivity index (χ3n) is 4.85. The average Bonchev–Trinajstić information content (AvgIpc) is 3.10. The van der Waals surface area contributed by atoms with Crippen LogP contribution in [0.4, 0.5) is 0 Å². The van der Waals surface area contributed by atoms with E-state index < -0.39 is 0 Å². The molecule has 2 heterocycles. The fraction of sp³-hybridized carbons (Fsp3) is 0.524. The van der Waals surface area contributed by atoms with Crippen molar-refractivity contribution in [2.45, 2.75) is 44.5 Å². The summed E-state index contributed by atoms with van der Waals surface area (Å²) >= 11 is 2.04. The van der Waals surface area contributed by atoms with E-state index in [-0.39, 0.29) is 28.7 Å². The van der Waals surface area contributed by atoms with Gasteiger partial charge in [0.05, 0.1) is 6.54 Å². The summed E-state index contributed by atoms with van der Waals surface area (Å²) in [5.41, 5.74) is 1.39. The summed E-state index contributed by atoms with van der Waals surface area (Å²) in [5.74, 6) is 3.18. The predicted molar refractivity (Wildman–Crippen MR) is 131 cm³/mol. The van der Waals surface area contributed by atoms with E-state index in [1.54, 1.807) is 0 Å². The second kappa shape index (κ2) is 11.1. The smallest absolute Gasteiger partial charge is 0.194 e. The SMILES string of the molecule is CN=C(NCc1nccn1CCCc1ccccc1)N1CCSC(C)(C)C1.I. The maximum Gasteiger partial charge on any atom is 0.194 e. The summed E-state index contributed by atoms with van der Waals surface area (Å²) in [6.45, 7) is 8.35. The number of hydrogen-bond acceptors (Lipinski definition) is 3. The number of aryl methyl sites for hydroxylation is 2. The number of guanidine groups is 1. The number of halogens is 1. The molecule has 1 aliphatic heterocycles. The molecule has 7 heteroatoms. The minimum absolute atomic E-state index is 0. The van der Waals surface area contributed by atoms with Crippen molar-refractivity contribution in [2.75, 3.05) is 25.9 Å². The molecule has 0 atom stereocenters. The first-order valence-electron chi connectivity index (χ1n) is 9.71. The van der Waals surface area contributed by atoms with Crippen LogP contribution < -0.4 is 5.32 Å². The summed E-state index contributed by atoms with van der Waals surface area (Å²) < 4.78 is 2.52. The molecule has 1 saturated heterocycles. The monoisotopic (exact) mass is 513 g/mol. The average molecular weight is 513 g/mol. The summed E-state index contributed by atoms with van der Waals surface area (Å²) in [4.78, 5) is 11.4. The Kier molecular flexibility index (Phi) is 9.14. The topological polar surface area (TPSA) is 45.5 Å². The standard InChI is InChI=1S/C21H31N5S.HI/c1-21(2)17-26(14-15-27-21)20(22-3)24-16-19-23-11-13-25(19)12-7-10-18-8-5-4-6-9-18;/h4-6,8-9,11,13H,7,10,12,14-17H2,1-3H3,(H,22,24);1H. The molecule has 0 bridgehead atoms. The van der Waals surface area contributed by atoms with E-state index in [0.717, 1.165) is 50.0 Å². The van der Waals surface area contributed by atoms with Gasteiger partial charge in [0.25, 0.3) is 0 Å². The van der Waals surface area contributed by atoms with Crippen molar-refractivity contribution < 1.29 is 0 Å². The molecule has 0 aliphatic carbocycles. The van der Waals surface area contributed by atoms with Gasteiger partial charge >= 0.3 is 0 Å². The Morgan fingerprint density at radius 2 is 2.07 bits per heavy atom. The van der Waals surface area contributed by atoms with Gasteiger partial charge in [-0.15, -0.1) is 24.0 Å². The number of aliphatic imine (C=N–C) groups is 1. The fourth-order valence-electron chi connectivity index (χ4n) is 3.50. The molecule has 28 heavy (non-hydrogen) atoms. The first-order valence-corrected chi connectivity index (χ1v) is 10.7. The van der Waals surface area contributed by atoms with Crippen molar-refractivity contribution in [3.63, 3.8) is 0 Å². The van der Waals surface area contributed by atoms with Crippen molar-refractivity contribution in [1.82, 2.24) is 19.8 Å². The second-order valence-electron chi connectivity index (χ2n) is 7.56. The van der Waals surface area contributed by atoms with E-state index in [9.17, 15) is 0 Å². The van der Waals surface area contributed by atoms with E-state index in [0.29, 0.717) is 6.54 Å². The van der Waals surface area contributed by atoms with Gasteiger partial charge in [0.2, 0.25) is 0 Å². The highest BCUT2D eigenvalue weighted by Gasteiger charge is 2.28. The van der Waals surface area contributed by atoms with E-state index in [1.165, 1.54) is 5.56 Å². The van der Waals surface area contributed by atoms with Crippen LogP contribution in [0.2, 0.25) is 0 Å². The van der Waals surface area contributed by atoms with Crippen molar-refractivity contribution in [3.8, 4) is 0 Å². The van der Waals surface area contributed by atoms with Crippen LogP contribution in [-0.2, 0) is 19.5 Å². The fourth-order valence-corrected chi connectivity index (χ4v) is 4.61. The molecule has 1 fully saturated rings. The zero-order valence-electron chi connectivity index (χ0n) is 17.1. The van der Waals surface area contributed by atoms with Gasteiger partial charge in [0.15, 0.2) is 5.96 Å². The lowest BCUT2D eigenvalue weighted by molar-refractivity contribution is 0.375. The number of hydrogen-bond donors (Lipinski definition) is 1. The number of rotatable bonds is 6. The Labute approximate surface area is 190 Å². The lowest BCUT2D eigenvalue weighted by Gasteiger charge is -2.39. The van der Waals surface area contributed by atoms with Gasteiger partial charge in [-0.3, -0.25) is 4.99 Å². The molecular weight excluding hydrogens is 481 g/mol. The molecule has 0 saturated carbocycles. The van der Waals surface area contributed by atoms with Crippen molar-refractivity contribution in [1.29, 1.82) is 0 Å². The third-order valence-corrected chi connectivity index (χ3v) is 6.15. The number of nitrogens with one attached hydrogen (secondary N) is 1. The summed E-state index contributed by atoms with van der Waals surface area (Å²) in [7, 11) is 1.86. The molecule has 5 nitrogen and oxygen atoms in total. The van der Waals surface area contributed by atoms with Crippen molar-refractivity contribution in [3.05, 3.63) is 54.1 Å². The highest BCUT2D eigenvalue weighted by molar-refractivity contribution is 14.0. The Balaban J connectivity index is 0.00000280. The highest BCUT2D eigenvalue weighted by atomic mass is 127. The Hall–Kier alpha value is -1.22. The maximum atomic E-state index is 4.54. The predicted octanol–water partition coefficient (Wildman–Crippen LogP) is 4.04. The molecule has 1 aliphatic rings. The maximum absolute atomic E-state index is 4.54. The molecule has 3 rings (SSSR count). The van der Waals surface area contributed by atoms with Gasteiger partial charge in [-0.1, -0.05) is 30.3 Å². The van der Waals surface area contributed by atoms with Crippen LogP contribution in [0.3, 0.4) is 0 Å². The van der Waals surface area contributed by atoms with Crippen LogP contribution >= 0.6 is 35.7 Å². The van der Waals surface area contributed by atoms with E-state index in [4.69, 9.17) is 0 Å². The number of nitrogens with zero attached hydrogens (tertiary/aromatic N) is 4. The van der Waals surface area contributed by atoms with Gasteiger partial charge in [-0.25, -0.2) is 4.98 Å². The Morgan fingerprint density at radius 1 is 1.29 bits per heavy atom. The molecule has 0 unspecified atom stereocenters. The Morgan fingerprint density at radius 3 is 2.79 bits per heavy atom. The van der Waals surface area contributed by atoms with E-state index >= 15 is 0 Å². The first-order chi connectivity index (χ1) is 13.1. The van der Waals surface area contributed by atoms with Crippen LogP contribution in [0.5, 0.6) is 0 Å². The van der Waals surface area contributed by atoms with Gasteiger partial charge in [0.1, 0.15) is 5.82 Å². The minimum Gasteiger partial charge on any atom is -0.349 e. The third kappa shape index (κ3) is 6.69. The van der Waals surface area contributed by atoms with E-state index in [1.807, 2.05) is 25.0 Å². The quantitative estimate of drug-likeness (QED) is 0.360. The van der Waals surface area contributed by atoms with Crippen LogP contribution in [0.25, 0.3) is 0 Å². The molecule has 0 spiro atoms. The summed E-state index contributed by atoms with van der Waals surface area (Å²) in [5, 5.41) is 3.51. The highest BCUT2D eigenvalue weighted by Crippen LogP contribution is 2.29. The second-order valence-corrected chi connectivity index (χ2v) is 9.36. The zero-order valence-corrected chi connectivity index (χ0v) is 20.2. The van der Waals surface area contributed by atoms with Gasteiger partial charge in [-0.2, -0.15) is 11.8 Å². The number of imidazole rings is 1. The molecular formula is C21H32IN5S. The summed E-state index contributed by atoms with van der Waals surface area (Å²) in [6.07, 6.45) is 6.17. The number of thioether (sulfide) groups is 1. The zero-order chi connectivity index (χ0) is 19.1. The molecule has 0 radical (unpaired) electrons. The minimum atomic E-state index is 0. The van der Waals surface area contributed by atoms with Crippen LogP contribution in [0, 0.1) is 0 Å². The molecule has 1 aromatic carbocycles. The lowest BCUT2D eigenvalue weighted by Crippen LogP contribution is -2.50. The van der Waals surface area contributed by atoms with Crippen LogP contribution in [0.15, 0.2) is 47.7 Å². The molecule has 0 amide bonds. The van der Waals surface area contributed by atoms with Crippen molar-refractivity contribution >= 4 is 41.7 Å². The van der Waals surface area contributed by atoms with Gasteiger partial charge in [0, 0.05) is 49.6 Å². The van der Waals surface area contributed by atoms with Gasteiger partial charge in [-0.05, 0) is 32.3 Å². The number of benzene rings is 1. The van der Waals surface area contributed by atoms with E-state index in [2.05, 4.69) is 75.1 Å². The molecule has 154 valence electrons. The number of aromatic nitrogens is 2.